The maximum atomic E-state index is 13.1. The van der Waals surface area contributed by atoms with Crippen molar-refractivity contribution in [2.45, 2.75) is 19.4 Å². The zero-order valence-corrected chi connectivity index (χ0v) is 26.7. The van der Waals surface area contributed by atoms with Gasteiger partial charge in [0, 0.05) is 89.7 Å². The number of morpholine rings is 1. The molecule has 4 aliphatic rings. The largest absolute Gasteiger partial charge is 0.489 e. The quantitative estimate of drug-likeness (QED) is 0.401. The van der Waals surface area contributed by atoms with E-state index >= 15 is 0 Å². The predicted octanol–water partition coefficient (Wildman–Crippen LogP) is 1.70. The average Bonchev–Trinajstić information content (AvgIpc) is 2.98. The molecule has 1 aromatic rings. The number of carbonyl (C=O) groups excluding carboxylic acids is 2. The molecule has 0 aromatic heterocycles. The molecule has 1 aromatic carbocycles. The lowest BCUT2D eigenvalue weighted by atomic mass is 9.82. The van der Waals surface area contributed by atoms with E-state index < -0.39 is 0 Å². The third-order valence-electron chi connectivity index (χ3n) is 8.30. The summed E-state index contributed by atoms with van der Waals surface area (Å²) in [5.41, 5.74) is 2.26. The van der Waals surface area contributed by atoms with Crippen molar-refractivity contribution in [2.75, 3.05) is 96.7 Å². The van der Waals surface area contributed by atoms with Gasteiger partial charge in [0.05, 0.1) is 19.8 Å². The molecule has 0 unspecified atom stereocenters. The van der Waals surface area contributed by atoms with Crippen molar-refractivity contribution in [3.63, 3.8) is 0 Å². The van der Waals surface area contributed by atoms with Crippen LogP contribution in [0.2, 0.25) is 0 Å². The number of rotatable bonds is 6. The first-order chi connectivity index (χ1) is 19.2. The Hall–Kier alpha value is -1.79. The zero-order valence-electron chi connectivity index (χ0n) is 24.3. The number of carbonyl (C=O) groups is 2. The van der Waals surface area contributed by atoms with Crippen LogP contribution in [0.4, 0.5) is 5.69 Å². The first-order valence-electron chi connectivity index (χ1n) is 14.6. The average molecular weight is 650 g/mol. The molecule has 3 fully saturated rings. The molecule has 0 saturated carbocycles. The van der Waals surface area contributed by atoms with E-state index in [1.165, 1.54) is 5.69 Å². The van der Waals surface area contributed by atoms with Crippen LogP contribution in [-0.4, -0.2) is 113 Å². The number of nitrogens with zero attached hydrogens (tertiary/aromatic N) is 3. The summed E-state index contributed by atoms with van der Waals surface area (Å²) in [7, 11) is 0. The summed E-state index contributed by atoms with van der Waals surface area (Å²) in [4.78, 5) is 32.5. The lowest BCUT2D eigenvalue weighted by molar-refractivity contribution is -0.132. The normalized spacial score (nSPS) is 24.0. The van der Waals surface area contributed by atoms with Crippen LogP contribution in [0.25, 0.3) is 0 Å². The van der Waals surface area contributed by atoms with Crippen molar-refractivity contribution in [2.24, 2.45) is 11.8 Å². The summed E-state index contributed by atoms with van der Waals surface area (Å²) in [6.07, 6.45) is 5.52. The van der Waals surface area contributed by atoms with E-state index in [9.17, 15) is 9.59 Å². The van der Waals surface area contributed by atoms with Gasteiger partial charge in [0.2, 0.25) is 11.8 Å². The van der Waals surface area contributed by atoms with E-state index in [0.29, 0.717) is 45.8 Å². The zero-order chi connectivity index (χ0) is 26.9. The Kier molecular flexibility index (Phi) is 16.3. The molecule has 4 heterocycles. The summed E-state index contributed by atoms with van der Waals surface area (Å²) in [5.74, 6) is 1.39. The number of anilines is 1. The Morgan fingerprint density at radius 3 is 2.55 bits per heavy atom. The van der Waals surface area contributed by atoms with E-state index in [2.05, 4.69) is 56.1 Å². The van der Waals surface area contributed by atoms with Crippen molar-refractivity contribution < 1.29 is 19.1 Å². The monoisotopic (exact) mass is 648 g/mol. The summed E-state index contributed by atoms with van der Waals surface area (Å²) in [6.45, 7) is 11.5. The van der Waals surface area contributed by atoms with E-state index in [4.69, 9.17) is 9.47 Å². The lowest BCUT2D eigenvalue weighted by Gasteiger charge is -2.37. The van der Waals surface area contributed by atoms with Crippen LogP contribution in [0.3, 0.4) is 0 Å². The van der Waals surface area contributed by atoms with Gasteiger partial charge in [-0.2, -0.15) is 0 Å². The highest BCUT2D eigenvalue weighted by Crippen LogP contribution is 2.29. The van der Waals surface area contributed by atoms with Crippen molar-refractivity contribution >= 4 is 54.7 Å². The number of nitrogens with one attached hydrogen (secondary N) is 3. The Labute approximate surface area is 268 Å². The minimum Gasteiger partial charge on any atom is -0.489 e. The second kappa shape index (κ2) is 18.8. The van der Waals surface area contributed by atoms with Crippen molar-refractivity contribution in [3.8, 4) is 5.75 Å². The van der Waals surface area contributed by atoms with E-state index in [-0.39, 0.29) is 60.9 Å². The maximum absolute atomic E-state index is 13.1. The van der Waals surface area contributed by atoms with E-state index in [0.717, 1.165) is 76.8 Å². The van der Waals surface area contributed by atoms with Gasteiger partial charge >= 0.3 is 0 Å². The van der Waals surface area contributed by atoms with Crippen molar-refractivity contribution in [1.29, 1.82) is 0 Å². The number of halogens is 3. The third-order valence-corrected chi connectivity index (χ3v) is 8.30. The topological polar surface area (TPSA) is 98.4 Å². The molecule has 0 aliphatic carbocycles. The number of hydrogen-bond acceptors (Lipinski definition) is 8. The fourth-order valence-electron chi connectivity index (χ4n) is 5.97. The molecule has 0 radical (unpaired) electrons. The number of piperazine rings is 1. The van der Waals surface area contributed by atoms with Gasteiger partial charge in [-0.1, -0.05) is 12.2 Å². The van der Waals surface area contributed by atoms with Gasteiger partial charge in [0.1, 0.15) is 12.4 Å². The van der Waals surface area contributed by atoms with Gasteiger partial charge in [-0.25, -0.2) is 0 Å². The highest BCUT2D eigenvalue weighted by Gasteiger charge is 2.31. The number of amides is 2. The third kappa shape index (κ3) is 10.4. The molecule has 0 spiro atoms. The molecule has 42 heavy (non-hydrogen) atoms. The molecule has 3 N–H and O–H groups in total. The Balaban J connectivity index is 0.00000205. The van der Waals surface area contributed by atoms with Gasteiger partial charge in [0.25, 0.3) is 0 Å². The molecular weight excluding hydrogens is 603 g/mol. The fraction of sp³-hybridized carbons (Fsp3) is 0.655. The maximum Gasteiger partial charge on any atom is 0.236 e. The predicted molar refractivity (Wildman–Crippen MR) is 173 cm³/mol. The number of ether oxygens (including phenoxy) is 2. The van der Waals surface area contributed by atoms with Gasteiger partial charge in [-0.3, -0.25) is 14.5 Å². The molecule has 238 valence electrons. The highest BCUT2D eigenvalue weighted by molar-refractivity contribution is 5.86. The van der Waals surface area contributed by atoms with Crippen molar-refractivity contribution in [3.05, 3.63) is 35.9 Å². The smallest absolute Gasteiger partial charge is 0.236 e. The van der Waals surface area contributed by atoms with Crippen molar-refractivity contribution in [1.82, 2.24) is 25.8 Å². The standard InChI is InChI=1S/C29H44N6O4.3ClH/c36-28(32-8-10-33-13-16-38-17-14-33)19-23-5-9-35-22-24(23)2-1-15-39-27-4-3-26(34-11-6-30-7-12-34)18-25(27)20-31-21-29(35)37;;;/h1-4,18,23-24,30-31H,5-17,19-22H2,(H,32,36);3*1H/b2-1+;;;/t23-,24-;;;/m0.../s1. The summed E-state index contributed by atoms with van der Waals surface area (Å²) < 4.78 is 11.6. The van der Waals surface area contributed by atoms with Gasteiger partial charge in [0.15, 0.2) is 0 Å². The SMILES string of the molecule is Cl.Cl.Cl.O=C(C[C@@H]1CCN2C[C@@H]1/C=C/COc1ccc(N3CCNCC3)cc1CNCC2=O)NCCN1CCOCC1. The van der Waals surface area contributed by atoms with Crippen LogP contribution in [0.15, 0.2) is 30.4 Å². The number of hydrogen-bond donors (Lipinski definition) is 3. The summed E-state index contributed by atoms with van der Waals surface area (Å²) >= 11 is 0. The Bertz CT molecular complexity index is 1010. The molecule has 4 aliphatic heterocycles. The summed E-state index contributed by atoms with van der Waals surface area (Å²) in [5, 5.41) is 9.87. The van der Waals surface area contributed by atoms with Crippen LogP contribution in [0.1, 0.15) is 18.4 Å². The molecule has 2 amide bonds. The van der Waals surface area contributed by atoms with E-state index in [1.54, 1.807) is 0 Å². The first-order valence-corrected chi connectivity index (χ1v) is 14.6. The number of piperidine rings is 1. The van der Waals surface area contributed by atoms with E-state index in [1.807, 2.05) is 4.90 Å². The number of fused-ring (bicyclic) bond motifs is 3. The van der Waals surface area contributed by atoms with Crippen LogP contribution in [0.5, 0.6) is 5.75 Å². The molecule has 2 bridgehead atoms. The van der Waals surface area contributed by atoms with Crippen LogP contribution in [-0.2, 0) is 20.9 Å². The van der Waals surface area contributed by atoms with Crippen LogP contribution in [0, 0.1) is 11.8 Å². The lowest BCUT2D eigenvalue weighted by Crippen LogP contribution is -2.47. The van der Waals surface area contributed by atoms with Gasteiger partial charge in [-0.05, 0) is 36.5 Å². The van der Waals surface area contributed by atoms with Crippen LogP contribution < -0.4 is 25.6 Å². The van der Waals surface area contributed by atoms with Gasteiger partial charge in [-0.15, -0.1) is 37.2 Å². The molecule has 2 atom stereocenters. The Morgan fingerprint density at radius 1 is 0.976 bits per heavy atom. The molecule has 10 nitrogen and oxygen atoms in total. The second-order valence-electron chi connectivity index (χ2n) is 10.9. The minimum absolute atomic E-state index is 0. The molecule has 13 heteroatoms. The number of benzene rings is 1. The molecule has 5 rings (SSSR count). The minimum atomic E-state index is 0. The van der Waals surface area contributed by atoms with Gasteiger partial charge < -0.3 is 35.2 Å². The second-order valence-corrected chi connectivity index (χ2v) is 10.9. The molecule has 3 saturated heterocycles. The van der Waals surface area contributed by atoms with Crippen LogP contribution >= 0.6 is 37.2 Å². The Morgan fingerprint density at radius 2 is 1.76 bits per heavy atom. The molecular formula is C29H47Cl3N6O4. The highest BCUT2D eigenvalue weighted by atomic mass is 35.5. The summed E-state index contributed by atoms with van der Waals surface area (Å²) in [6, 6.07) is 6.37. The fourth-order valence-corrected chi connectivity index (χ4v) is 5.97. The first kappa shape index (κ1) is 36.4.